The lowest BCUT2D eigenvalue weighted by Crippen LogP contribution is -2.50. The molecule has 1 rings (SSSR count). The average Bonchev–Trinajstić information content (AvgIpc) is 2.29. The molecule has 0 bridgehead atoms. The van der Waals surface area contributed by atoms with Crippen LogP contribution in [0.4, 0.5) is 4.79 Å². The van der Waals surface area contributed by atoms with Crippen LogP contribution in [0, 0.1) is 3.57 Å². The van der Waals surface area contributed by atoms with E-state index in [2.05, 4.69) is 10.6 Å². The summed E-state index contributed by atoms with van der Waals surface area (Å²) in [4.78, 5) is 47.0. The standard InChI is InChI=1S/C12H17IN4O4/c1-12(2,3)15-10(20)14-8(18)6-17-9(19)7(13)5-16(4)11(17)21/h5H,6H2,1-4H3,(H2,14,15,18,20). The Kier molecular flexibility index (Phi) is 5.31. The Morgan fingerprint density at radius 2 is 1.86 bits per heavy atom. The van der Waals surface area contributed by atoms with E-state index < -0.39 is 35.3 Å². The molecule has 3 amide bonds. The summed E-state index contributed by atoms with van der Waals surface area (Å²) < 4.78 is 2.29. The van der Waals surface area contributed by atoms with Crippen molar-refractivity contribution in [3.63, 3.8) is 0 Å². The van der Waals surface area contributed by atoms with Gasteiger partial charge in [-0.25, -0.2) is 14.2 Å². The number of carbonyl (C=O) groups excluding carboxylic acids is 2. The van der Waals surface area contributed by atoms with E-state index in [9.17, 15) is 19.2 Å². The van der Waals surface area contributed by atoms with Gasteiger partial charge in [0.05, 0.1) is 3.57 Å². The third-order valence-electron chi connectivity index (χ3n) is 2.33. The Hall–Kier alpha value is -1.65. The molecule has 0 aromatic carbocycles. The van der Waals surface area contributed by atoms with Gasteiger partial charge in [-0.1, -0.05) is 0 Å². The third-order valence-corrected chi connectivity index (χ3v) is 3.07. The van der Waals surface area contributed by atoms with E-state index in [1.807, 2.05) is 0 Å². The minimum Gasteiger partial charge on any atom is -0.333 e. The van der Waals surface area contributed by atoms with Gasteiger partial charge in [0.15, 0.2) is 0 Å². The van der Waals surface area contributed by atoms with Crippen molar-refractivity contribution in [1.82, 2.24) is 19.8 Å². The van der Waals surface area contributed by atoms with E-state index in [0.717, 1.165) is 4.57 Å². The van der Waals surface area contributed by atoms with Gasteiger partial charge in [0.1, 0.15) is 6.54 Å². The molecule has 0 fully saturated rings. The average molecular weight is 408 g/mol. The predicted octanol–water partition coefficient (Wildman–Crippen LogP) is -0.224. The highest BCUT2D eigenvalue weighted by atomic mass is 127. The molecule has 0 saturated carbocycles. The van der Waals surface area contributed by atoms with Crippen LogP contribution in [0.15, 0.2) is 15.8 Å². The maximum atomic E-state index is 11.9. The number of amides is 3. The van der Waals surface area contributed by atoms with E-state index in [1.54, 1.807) is 43.4 Å². The molecule has 2 N–H and O–H groups in total. The lowest BCUT2D eigenvalue weighted by molar-refractivity contribution is -0.120. The zero-order chi connectivity index (χ0) is 16.4. The summed E-state index contributed by atoms with van der Waals surface area (Å²) >= 11 is 1.78. The zero-order valence-electron chi connectivity index (χ0n) is 12.2. The molecular weight excluding hydrogens is 391 g/mol. The number of aryl methyl sites for hydroxylation is 1. The quantitative estimate of drug-likeness (QED) is 0.661. The molecule has 0 atom stereocenters. The molecule has 0 aliphatic rings. The van der Waals surface area contributed by atoms with Crippen LogP contribution < -0.4 is 21.9 Å². The summed E-state index contributed by atoms with van der Waals surface area (Å²) in [6.45, 7) is 4.77. The monoisotopic (exact) mass is 408 g/mol. The lowest BCUT2D eigenvalue weighted by atomic mass is 10.1. The van der Waals surface area contributed by atoms with Gasteiger partial charge in [0, 0.05) is 18.8 Å². The van der Waals surface area contributed by atoms with Crippen LogP contribution in [-0.2, 0) is 18.4 Å². The highest BCUT2D eigenvalue weighted by Crippen LogP contribution is 1.97. The molecule has 0 saturated heterocycles. The Morgan fingerprint density at radius 1 is 1.29 bits per heavy atom. The maximum absolute atomic E-state index is 11.9. The second-order valence-corrected chi connectivity index (χ2v) is 6.68. The molecule has 1 aromatic rings. The second-order valence-electron chi connectivity index (χ2n) is 5.51. The van der Waals surface area contributed by atoms with Gasteiger partial charge >= 0.3 is 11.7 Å². The van der Waals surface area contributed by atoms with Gasteiger partial charge in [-0.05, 0) is 43.4 Å². The summed E-state index contributed by atoms with van der Waals surface area (Å²) in [6, 6.07) is -0.678. The highest BCUT2D eigenvalue weighted by Gasteiger charge is 2.17. The SMILES string of the molecule is Cn1cc(I)c(=O)n(CC(=O)NC(=O)NC(C)(C)C)c1=O. The minimum absolute atomic E-state index is 0.307. The van der Waals surface area contributed by atoms with Gasteiger partial charge in [-0.3, -0.25) is 14.9 Å². The lowest BCUT2D eigenvalue weighted by Gasteiger charge is -2.20. The summed E-state index contributed by atoms with van der Waals surface area (Å²) in [7, 11) is 1.48. The predicted molar refractivity (Wildman–Crippen MR) is 85.1 cm³/mol. The van der Waals surface area contributed by atoms with Crippen LogP contribution in [-0.4, -0.2) is 26.6 Å². The second kappa shape index (κ2) is 6.41. The number of hydrogen-bond donors (Lipinski definition) is 2. The largest absolute Gasteiger partial charge is 0.333 e. The summed E-state index contributed by atoms with van der Waals surface area (Å²) in [5.41, 5.74) is -1.68. The first-order valence-electron chi connectivity index (χ1n) is 6.09. The Bertz CT molecular complexity index is 650. The van der Waals surface area contributed by atoms with Crippen molar-refractivity contribution in [1.29, 1.82) is 0 Å². The number of halogens is 1. The molecule has 21 heavy (non-hydrogen) atoms. The summed E-state index contributed by atoms with van der Waals surface area (Å²) in [6.07, 6.45) is 1.38. The number of hydrogen-bond acceptors (Lipinski definition) is 4. The molecule has 1 heterocycles. The normalized spacial score (nSPS) is 11.1. The van der Waals surface area contributed by atoms with E-state index in [-0.39, 0.29) is 0 Å². The van der Waals surface area contributed by atoms with Crippen LogP contribution in [0.2, 0.25) is 0 Å². The highest BCUT2D eigenvalue weighted by molar-refractivity contribution is 14.1. The Morgan fingerprint density at radius 3 is 2.38 bits per heavy atom. The van der Waals surface area contributed by atoms with E-state index >= 15 is 0 Å². The van der Waals surface area contributed by atoms with Gasteiger partial charge in [-0.2, -0.15) is 0 Å². The Balaban J connectivity index is 2.89. The molecule has 0 aliphatic heterocycles. The van der Waals surface area contributed by atoms with Crippen molar-refractivity contribution in [3.8, 4) is 0 Å². The molecule has 8 nitrogen and oxygen atoms in total. The van der Waals surface area contributed by atoms with Crippen molar-refractivity contribution >= 4 is 34.5 Å². The fourth-order valence-electron chi connectivity index (χ4n) is 1.51. The topological polar surface area (TPSA) is 102 Å². The number of carbonyl (C=O) groups is 2. The molecule has 0 spiro atoms. The van der Waals surface area contributed by atoms with Crippen LogP contribution in [0.1, 0.15) is 20.8 Å². The summed E-state index contributed by atoms with van der Waals surface area (Å²) in [5.74, 6) is -0.738. The molecular formula is C12H17IN4O4. The van der Waals surface area contributed by atoms with Gasteiger partial charge in [-0.15, -0.1) is 0 Å². The fourth-order valence-corrected chi connectivity index (χ4v) is 2.22. The van der Waals surface area contributed by atoms with Gasteiger partial charge < -0.3 is 9.88 Å². The van der Waals surface area contributed by atoms with Crippen LogP contribution >= 0.6 is 22.6 Å². The third kappa shape index (κ3) is 4.99. The molecule has 0 aliphatic carbocycles. The van der Waals surface area contributed by atoms with Crippen molar-refractivity contribution in [2.45, 2.75) is 32.9 Å². The van der Waals surface area contributed by atoms with E-state index in [0.29, 0.717) is 3.57 Å². The number of imide groups is 1. The summed E-state index contributed by atoms with van der Waals surface area (Å²) in [5, 5.41) is 4.62. The van der Waals surface area contributed by atoms with E-state index in [1.165, 1.54) is 17.8 Å². The molecule has 0 unspecified atom stereocenters. The van der Waals surface area contributed by atoms with Gasteiger partial charge in [0.25, 0.3) is 5.56 Å². The maximum Gasteiger partial charge on any atom is 0.331 e. The van der Waals surface area contributed by atoms with Crippen LogP contribution in [0.25, 0.3) is 0 Å². The molecule has 9 heteroatoms. The number of urea groups is 1. The number of rotatable bonds is 2. The van der Waals surface area contributed by atoms with Crippen molar-refractivity contribution < 1.29 is 9.59 Å². The molecule has 116 valence electrons. The van der Waals surface area contributed by atoms with Crippen LogP contribution in [0.3, 0.4) is 0 Å². The first kappa shape index (κ1) is 17.4. The number of aromatic nitrogens is 2. The van der Waals surface area contributed by atoms with Crippen LogP contribution in [0.5, 0.6) is 0 Å². The first-order valence-corrected chi connectivity index (χ1v) is 7.17. The molecule has 1 aromatic heterocycles. The Labute approximate surface area is 134 Å². The fraction of sp³-hybridized carbons (Fsp3) is 0.500. The van der Waals surface area contributed by atoms with Crippen molar-refractivity contribution in [3.05, 3.63) is 30.6 Å². The van der Waals surface area contributed by atoms with E-state index in [4.69, 9.17) is 0 Å². The minimum atomic E-state index is -0.738. The van der Waals surface area contributed by atoms with Gasteiger partial charge in [0.2, 0.25) is 5.91 Å². The number of nitrogens with zero attached hydrogens (tertiary/aromatic N) is 2. The first-order chi connectivity index (χ1) is 9.51. The smallest absolute Gasteiger partial charge is 0.331 e. The van der Waals surface area contributed by atoms with Crippen molar-refractivity contribution in [2.75, 3.05) is 0 Å². The zero-order valence-corrected chi connectivity index (χ0v) is 14.3. The molecule has 0 radical (unpaired) electrons. The van der Waals surface area contributed by atoms with Crippen molar-refractivity contribution in [2.24, 2.45) is 7.05 Å². The number of nitrogens with one attached hydrogen (secondary N) is 2.